The molecule has 0 spiro atoms. The van der Waals surface area contributed by atoms with E-state index in [-0.39, 0.29) is 5.91 Å². The zero-order valence-corrected chi connectivity index (χ0v) is 20.8. The van der Waals surface area contributed by atoms with Gasteiger partial charge in [0.25, 0.3) is 5.91 Å². The van der Waals surface area contributed by atoms with Gasteiger partial charge < -0.3 is 14.2 Å². The van der Waals surface area contributed by atoms with Crippen LogP contribution in [-0.2, 0) is 11.4 Å². The second kappa shape index (κ2) is 11.7. The first-order chi connectivity index (χ1) is 15.9. The molecule has 1 atom stereocenters. The normalized spacial score (nSPS) is 11.8. The monoisotopic (exact) mass is 530 g/mol. The van der Waals surface area contributed by atoms with Crippen molar-refractivity contribution in [2.45, 2.75) is 26.6 Å². The minimum Gasteiger partial charge on any atom is -0.493 e. The Bertz CT molecular complexity index is 1150. The number of aryl methyl sites for hydroxylation is 1. The summed E-state index contributed by atoms with van der Waals surface area (Å²) in [7, 11) is 1.56. The molecule has 6 nitrogen and oxygen atoms in total. The smallest absolute Gasteiger partial charge is 0.280 e. The van der Waals surface area contributed by atoms with Gasteiger partial charge >= 0.3 is 0 Å². The van der Waals surface area contributed by atoms with Crippen molar-refractivity contribution in [2.24, 2.45) is 5.10 Å². The molecule has 8 heteroatoms. The molecule has 33 heavy (non-hydrogen) atoms. The predicted molar refractivity (Wildman–Crippen MR) is 133 cm³/mol. The van der Waals surface area contributed by atoms with Crippen LogP contribution in [0.15, 0.2) is 70.2 Å². The molecule has 1 N–H and O–H groups in total. The summed E-state index contributed by atoms with van der Waals surface area (Å²) in [5.41, 5.74) is 5.19. The number of nitrogens with one attached hydrogen (secondary N) is 1. The SMILES string of the molecule is COc1cc(C=NNC(=O)C(C)Oc2ccc(C)cc2Br)ccc1OCc1ccccc1Cl. The quantitative estimate of drug-likeness (QED) is 0.275. The highest BCUT2D eigenvalue weighted by molar-refractivity contribution is 9.10. The summed E-state index contributed by atoms with van der Waals surface area (Å²) in [6, 6.07) is 18.5. The van der Waals surface area contributed by atoms with Crippen molar-refractivity contribution in [1.82, 2.24) is 5.43 Å². The Morgan fingerprint density at radius 2 is 1.88 bits per heavy atom. The molecule has 3 aromatic carbocycles. The minimum atomic E-state index is -0.726. The van der Waals surface area contributed by atoms with Crippen LogP contribution in [-0.4, -0.2) is 25.3 Å². The summed E-state index contributed by atoms with van der Waals surface area (Å²) in [6.07, 6.45) is 0.795. The number of carbonyl (C=O) groups is 1. The van der Waals surface area contributed by atoms with Gasteiger partial charge in [-0.25, -0.2) is 5.43 Å². The summed E-state index contributed by atoms with van der Waals surface area (Å²) in [5.74, 6) is 1.33. The highest BCUT2D eigenvalue weighted by Crippen LogP contribution is 2.29. The first-order valence-electron chi connectivity index (χ1n) is 10.2. The first-order valence-corrected chi connectivity index (χ1v) is 11.3. The van der Waals surface area contributed by atoms with Gasteiger partial charge in [0.1, 0.15) is 12.4 Å². The number of methoxy groups -OCH3 is 1. The maximum Gasteiger partial charge on any atom is 0.280 e. The van der Waals surface area contributed by atoms with Gasteiger partial charge in [-0.15, -0.1) is 0 Å². The third kappa shape index (κ3) is 6.97. The zero-order valence-electron chi connectivity index (χ0n) is 18.5. The van der Waals surface area contributed by atoms with Crippen LogP contribution < -0.4 is 19.6 Å². The molecule has 3 aromatic rings. The number of hydrogen-bond donors (Lipinski definition) is 1. The van der Waals surface area contributed by atoms with Gasteiger partial charge in [-0.3, -0.25) is 4.79 Å². The second-order valence-corrected chi connectivity index (χ2v) is 8.48. The number of amides is 1. The van der Waals surface area contributed by atoms with Crippen LogP contribution in [0.25, 0.3) is 0 Å². The van der Waals surface area contributed by atoms with E-state index in [9.17, 15) is 4.79 Å². The maximum absolute atomic E-state index is 12.3. The van der Waals surface area contributed by atoms with Crippen molar-refractivity contribution in [3.05, 3.63) is 86.8 Å². The van der Waals surface area contributed by atoms with Gasteiger partial charge in [-0.05, 0) is 77.3 Å². The lowest BCUT2D eigenvalue weighted by Gasteiger charge is -2.14. The van der Waals surface area contributed by atoms with E-state index in [1.165, 1.54) is 6.21 Å². The van der Waals surface area contributed by atoms with Crippen molar-refractivity contribution >= 4 is 39.7 Å². The van der Waals surface area contributed by atoms with E-state index in [0.717, 1.165) is 21.2 Å². The van der Waals surface area contributed by atoms with Gasteiger partial charge in [0.2, 0.25) is 0 Å². The van der Waals surface area contributed by atoms with Crippen LogP contribution in [0, 0.1) is 6.92 Å². The van der Waals surface area contributed by atoms with E-state index < -0.39 is 6.10 Å². The van der Waals surface area contributed by atoms with E-state index >= 15 is 0 Å². The number of halogens is 2. The van der Waals surface area contributed by atoms with E-state index in [0.29, 0.717) is 28.9 Å². The molecule has 0 aliphatic heterocycles. The highest BCUT2D eigenvalue weighted by Gasteiger charge is 2.15. The Balaban J connectivity index is 1.57. The van der Waals surface area contributed by atoms with Crippen LogP contribution in [0.2, 0.25) is 5.02 Å². The van der Waals surface area contributed by atoms with Gasteiger partial charge in [-0.2, -0.15) is 5.10 Å². The molecular weight excluding hydrogens is 508 g/mol. The van der Waals surface area contributed by atoms with E-state index in [1.54, 1.807) is 26.2 Å². The second-order valence-electron chi connectivity index (χ2n) is 7.22. The van der Waals surface area contributed by atoms with Gasteiger partial charge in [0.15, 0.2) is 17.6 Å². The molecule has 0 saturated carbocycles. The van der Waals surface area contributed by atoms with Crippen molar-refractivity contribution in [3.63, 3.8) is 0 Å². The average molecular weight is 532 g/mol. The Kier molecular flexibility index (Phi) is 8.74. The summed E-state index contributed by atoms with van der Waals surface area (Å²) >= 11 is 9.62. The van der Waals surface area contributed by atoms with Gasteiger partial charge in [0.05, 0.1) is 17.8 Å². The Morgan fingerprint density at radius 1 is 1.12 bits per heavy atom. The van der Waals surface area contributed by atoms with Gasteiger partial charge in [0, 0.05) is 10.6 Å². The molecule has 0 fully saturated rings. The van der Waals surface area contributed by atoms with Crippen molar-refractivity contribution in [2.75, 3.05) is 7.11 Å². The van der Waals surface area contributed by atoms with E-state index in [1.807, 2.05) is 55.5 Å². The number of nitrogens with zero attached hydrogens (tertiary/aromatic N) is 1. The fourth-order valence-corrected chi connectivity index (χ4v) is 3.64. The molecule has 0 heterocycles. The maximum atomic E-state index is 12.3. The number of hydrazone groups is 1. The number of benzene rings is 3. The first kappa shape index (κ1) is 24.6. The standard InChI is InChI=1S/C25H24BrClN2O4/c1-16-8-10-22(20(26)12-16)33-17(2)25(30)29-28-14-18-9-11-23(24(13-18)31-3)32-15-19-6-4-5-7-21(19)27/h4-14,17H,15H2,1-3H3,(H,29,30). The average Bonchev–Trinajstić information content (AvgIpc) is 2.80. The topological polar surface area (TPSA) is 69.2 Å². The number of carbonyl (C=O) groups excluding carboxylic acids is 1. The summed E-state index contributed by atoms with van der Waals surface area (Å²) in [6.45, 7) is 3.95. The zero-order chi connectivity index (χ0) is 23.8. The largest absolute Gasteiger partial charge is 0.493 e. The van der Waals surface area contributed by atoms with Crippen LogP contribution in [0.1, 0.15) is 23.6 Å². The van der Waals surface area contributed by atoms with Crippen molar-refractivity contribution < 1.29 is 19.0 Å². The Morgan fingerprint density at radius 3 is 2.61 bits per heavy atom. The number of ether oxygens (including phenoxy) is 3. The van der Waals surface area contributed by atoms with E-state index in [4.69, 9.17) is 25.8 Å². The highest BCUT2D eigenvalue weighted by atomic mass is 79.9. The fourth-order valence-electron chi connectivity index (χ4n) is 2.86. The van der Waals surface area contributed by atoms with Crippen molar-refractivity contribution in [1.29, 1.82) is 0 Å². The molecular formula is C25H24BrClN2O4. The molecule has 0 saturated heterocycles. The third-order valence-corrected chi connectivity index (χ3v) is 5.67. The molecule has 1 unspecified atom stereocenters. The van der Waals surface area contributed by atoms with E-state index in [2.05, 4.69) is 26.5 Å². The lowest BCUT2D eigenvalue weighted by molar-refractivity contribution is -0.127. The lowest BCUT2D eigenvalue weighted by Crippen LogP contribution is -2.33. The predicted octanol–water partition coefficient (Wildman–Crippen LogP) is 5.92. The van der Waals surface area contributed by atoms with Gasteiger partial charge in [-0.1, -0.05) is 35.9 Å². The Hall–Kier alpha value is -3.03. The summed E-state index contributed by atoms with van der Waals surface area (Å²) < 4.78 is 17.8. The molecule has 0 radical (unpaired) electrons. The van der Waals surface area contributed by atoms with Crippen LogP contribution in [0.5, 0.6) is 17.2 Å². The fraction of sp³-hybridized carbons (Fsp3) is 0.200. The molecule has 0 bridgehead atoms. The summed E-state index contributed by atoms with van der Waals surface area (Å²) in [4.78, 5) is 12.3. The van der Waals surface area contributed by atoms with Crippen LogP contribution in [0.4, 0.5) is 0 Å². The number of rotatable bonds is 9. The third-order valence-electron chi connectivity index (χ3n) is 4.68. The van der Waals surface area contributed by atoms with Crippen molar-refractivity contribution in [3.8, 4) is 17.2 Å². The molecule has 0 aliphatic rings. The lowest BCUT2D eigenvalue weighted by atomic mass is 10.2. The molecule has 0 aliphatic carbocycles. The summed E-state index contributed by atoms with van der Waals surface area (Å²) in [5, 5.41) is 4.66. The molecule has 0 aromatic heterocycles. The Labute approximate surface area is 206 Å². The molecule has 172 valence electrons. The minimum absolute atomic E-state index is 0.314. The van der Waals surface area contributed by atoms with Crippen LogP contribution >= 0.6 is 27.5 Å². The molecule has 1 amide bonds. The van der Waals surface area contributed by atoms with Crippen LogP contribution in [0.3, 0.4) is 0 Å². The molecule has 3 rings (SSSR count). The number of hydrogen-bond acceptors (Lipinski definition) is 5.